The number of benzene rings is 1. The summed E-state index contributed by atoms with van der Waals surface area (Å²) in [5, 5.41) is 0. The zero-order valence-electron chi connectivity index (χ0n) is 7.55. The van der Waals surface area contributed by atoms with Crippen molar-refractivity contribution >= 4 is 18.0 Å². The standard InChI is InChI=1S/C10H12OS/c1-7-4-8(2)10(12-3)5-9(7)6-11/h4-6H,1-3H3. The molecule has 1 nitrogen and oxygen atoms in total. The predicted molar refractivity (Wildman–Crippen MR) is 53.1 cm³/mol. The zero-order chi connectivity index (χ0) is 9.14. The largest absolute Gasteiger partial charge is 0.298 e. The highest BCUT2D eigenvalue weighted by Crippen LogP contribution is 2.22. The molecule has 1 aromatic carbocycles. The first kappa shape index (κ1) is 9.33. The number of thioether (sulfide) groups is 1. The molecule has 0 N–H and O–H groups in total. The van der Waals surface area contributed by atoms with Crippen molar-refractivity contribution in [1.82, 2.24) is 0 Å². The summed E-state index contributed by atoms with van der Waals surface area (Å²) in [4.78, 5) is 11.8. The molecule has 0 aromatic heterocycles. The Hall–Kier alpha value is -0.760. The van der Waals surface area contributed by atoms with Gasteiger partial charge >= 0.3 is 0 Å². The molecule has 0 radical (unpaired) electrons. The molecule has 0 aliphatic carbocycles. The lowest BCUT2D eigenvalue weighted by Crippen LogP contribution is -1.89. The van der Waals surface area contributed by atoms with Gasteiger partial charge in [0.1, 0.15) is 6.29 Å². The van der Waals surface area contributed by atoms with Gasteiger partial charge in [-0.1, -0.05) is 6.07 Å². The molecule has 64 valence electrons. The molecule has 0 bridgehead atoms. The Bertz CT molecular complexity index is 305. The smallest absolute Gasteiger partial charge is 0.150 e. The van der Waals surface area contributed by atoms with Crippen LogP contribution >= 0.6 is 11.8 Å². The molecule has 0 spiro atoms. The highest BCUT2D eigenvalue weighted by molar-refractivity contribution is 7.98. The van der Waals surface area contributed by atoms with E-state index in [1.807, 2.05) is 19.2 Å². The maximum Gasteiger partial charge on any atom is 0.150 e. The Morgan fingerprint density at radius 2 is 1.92 bits per heavy atom. The number of carbonyl (C=O) groups is 1. The summed E-state index contributed by atoms with van der Waals surface area (Å²) in [7, 11) is 0. The average Bonchev–Trinajstić information content (AvgIpc) is 2.05. The van der Waals surface area contributed by atoms with Gasteiger partial charge in [0, 0.05) is 10.5 Å². The summed E-state index contributed by atoms with van der Waals surface area (Å²) >= 11 is 1.67. The van der Waals surface area contributed by atoms with Gasteiger partial charge in [0.2, 0.25) is 0 Å². The van der Waals surface area contributed by atoms with E-state index in [1.54, 1.807) is 11.8 Å². The molecule has 0 atom stereocenters. The zero-order valence-corrected chi connectivity index (χ0v) is 8.37. The second-order valence-corrected chi connectivity index (χ2v) is 3.64. The molecule has 0 unspecified atom stereocenters. The molecular formula is C10H12OS. The molecule has 12 heavy (non-hydrogen) atoms. The minimum Gasteiger partial charge on any atom is -0.298 e. The number of carbonyl (C=O) groups excluding carboxylic acids is 1. The molecular weight excluding hydrogens is 168 g/mol. The number of hydrogen-bond acceptors (Lipinski definition) is 2. The summed E-state index contributed by atoms with van der Waals surface area (Å²) in [6.45, 7) is 4.02. The quantitative estimate of drug-likeness (QED) is 0.514. The summed E-state index contributed by atoms with van der Waals surface area (Å²) in [5.41, 5.74) is 3.09. The van der Waals surface area contributed by atoms with Crippen LogP contribution < -0.4 is 0 Å². The van der Waals surface area contributed by atoms with Crippen molar-refractivity contribution in [1.29, 1.82) is 0 Å². The van der Waals surface area contributed by atoms with Crippen LogP contribution in [0.5, 0.6) is 0 Å². The fourth-order valence-electron chi connectivity index (χ4n) is 1.20. The Balaban J connectivity index is 3.26. The molecule has 1 aromatic rings. The van der Waals surface area contributed by atoms with E-state index in [9.17, 15) is 4.79 Å². The van der Waals surface area contributed by atoms with E-state index in [0.717, 1.165) is 17.4 Å². The second kappa shape index (κ2) is 3.76. The third-order valence-corrected chi connectivity index (χ3v) is 2.79. The Morgan fingerprint density at radius 1 is 1.25 bits per heavy atom. The Kier molecular flexibility index (Phi) is 2.93. The van der Waals surface area contributed by atoms with Crippen molar-refractivity contribution in [3.8, 4) is 0 Å². The van der Waals surface area contributed by atoms with Crippen LogP contribution in [-0.2, 0) is 0 Å². The van der Waals surface area contributed by atoms with E-state index in [4.69, 9.17) is 0 Å². The van der Waals surface area contributed by atoms with Gasteiger partial charge in [0.05, 0.1) is 0 Å². The monoisotopic (exact) mass is 180 g/mol. The van der Waals surface area contributed by atoms with E-state index >= 15 is 0 Å². The topological polar surface area (TPSA) is 17.1 Å². The first-order chi connectivity index (χ1) is 5.69. The van der Waals surface area contributed by atoms with Crippen molar-refractivity contribution in [2.24, 2.45) is 0 Å². The maximum absolute atomic E-state index is 10.6. The van der Waals surface area contributed by atoms with Crippen LogP contribution in [0.25, 0.3) is 0 Å². The van der Waals surface area contributed by atoms with Crippen LogP contribution in [0.2, 0.25) is 0 Å². The maximum atomic E-state index is 10.6. The van der Waals surface area contributed by atoms with Gasteiger partial charge in [-0.3, -0.25) is 4.79 Å². The summed E-state index contributed by atoms with van der Waals surface area (Å²) in [5.74, 6) is 0. The molecule has 0 fully saturated rings. The lowest BCUT2D eigenvalue weighted by Gasteiger charge is -2.05. The second-order valence-electron chi connectivity index (χ2n) is 2.80. The number of hydrogen-bond donors (Lipinski definition) is 0. The van der Waals surface area contributed by atoms with Gasteiger partial charge in [-0.25, -0.2) is 0 Å². The first-order valence-corrected chi connectivity index (χ1v) is 5.02. The number of aryl methyl sites for hydroxylation is 2. The number of aldehydes is 1. The highest BCUT2D eigenvalue weighted by Gasteiger charge is 2.01. The highest BCUT2D eigenvalue weighted by atomic mass is 32.2. The van der Waals surface area contributed by atoms with Crippen LogP contribution in [0.1, 0.15) is 21.5 Å². The molecule has 0 aliphatic heterocycles. The fraction of sp³-hybridized carbons (Fsp3) is 0.300. The molecule has 0 saturated heterocycles. The lowest BCUT2D eigenvalue weighted by atomic mass is 10.1. The normalized spacial score (nSPS) is 9.92. The Morgan fingerprint density at radius 3 is 2.42 bits per heavy atom. The molecule has 0 saturated carbocycles. The van der Waals surface area contributed by atoms with Crippen molar-refractivity contribution in [2.75, 3.05) is 6.26 Å². The van der Waals surface area contributed by atoms with E-state index in [-0.39, 0.29) is 0 Å². The first-order valence-electron chi connectivity index (χ1n) is 3.79. The van der Waals surface area contributed by atoms with Crippen LogP contribution in [0.3, 0.4) is 0 Å². The SMILES string of the molecule is CSc1cc(C=O)c(C)cc1C. The molecule has 2 heteroatoms. The summed E-state index contributed by atoms with van der Waals surface area (Å²) < 4.78 is 0. The van der Waals surface area contributed by atoms with Crippen LogP contribution in [0, 0.1) is 13.8 Å². The minimum absolute atomic E-state index is 0.796. The third kappa shape index (κ3) is 1.69. The van der Waals surface area contributed by atoms with Gasteiger partial charge in [-0.05, 0) is 37.3 Å². The van der Waals surface area contributed by atoms with E-state index in [2.05, 4.69) is 13.0 Å². The summed E-state index contributed by atoms with van der Waals surface area (Å²) in [6, 6.07) is 4.00. The molecule has 1 rings (SSSR count). The van der Waals surface area contributed by atoms with Gasteiger partial charge in [0.15, 0.2) is 0 Å². The van der Waals surface area contributed by atoms with Crippen molar-refractivity contribution in [3.63, 3.8) is 0 Å². The predicted octanol–water partition coefficient (Wildman–Crippen LogP) is 2.84. The van der Waals surface area contributed by atoms with Gasteiger partial charge < -0.3 is 0 Å². The van der Waals surface area contributed by atoms with E-state index in [0.29, 0.717) is 0 Å². The summed E-state index contributed by atoms with van der Waals surface area (Å²) in [6.07, 6.45) is 2.93. The average molecular weight is 180 g/mol. The molecule has 0 heterocycles. The van der Waals surface area contributed by atoms with Gasteiger partial charge in [-0.15, -0.1) is 11.8 Å². The minimum atomic E-state index is 0.796. The number of rotatable bonds is 2. The third-order valence-electron chi connectivity index (χ3n) is 1.91. The Labute approximate surface area is 77.2 Å². The lowest BCUT2D eigenvalue weighted by molar-refractivity contribution is 0.112. The van der Waals surface area contributed by atoms with Crippen molar-refractivity contribution in [2.45, 2.75) is 18.7 Å². The molecule has 0 amide bonds. The molecule has 0 aliphatic rings. The van der Waals surface area contributed by atoms with Gasteiger partial charge in [0.25, 0.3) is 0 Å². The van der Waals surface area contributed by atoms with Gasteiger partial charge in [-0.2, -0.15) is 0 Å². The van der Waals surface area contributed by atoms with Crippen LogP contribution in [0.15, 0.2) is 17.0 Å². The van der Waals surface area contributed by atoms with E-state index in [1.165, 1.54) is 10.5 Å². The van der Waals surface area contributed by atoms with E-state index < -0.39 is 0 Å². The van der Waals surface area contributed by atoms with Crippen LogP contribution in [0.4, 0.5) is 0 Å². The van der Waals surface area contributed by atoms with Crippen LogP contribution in [-0.4, -0.2) is 12.5 Å². The fourth-order valence-corrected chi connectivity index (χ4v) is 1.82. The van der Waals surface area contributed by atoms with Crippen molar-refractivity contribution in [3.05, 3.63) is 28.8 Å². The van der Waals surface area contributed by atoms with Crippen molar-refractivity contribution < 1.29 is 4.79 Å².